The van der Waals surface area contributed by atoms with E-state index in [1.165, 1.54) is 6.42 Å². The predicted molar refractivity (Wildman–Crippen MR) is 79.9 cm³/mol. The van der Waals surface area contributed by atoms with E-state index < -0.39 is 0 Å². The maximum absolute atomic E-state index is 11.7. The highest BCUT2D eigenvalue weighted by molar-refractivity contribution is 5.88. The average Bonchev–Trinajstić information content (AvgIpc) is 2.52. The summed E-state index contributed by atoms with van der Waals surface area (Å²) in [6.07, 6.45) is 4.46. The minimum Gasteiger partial charge on any atom is -0.484 e. The molecule has 0 aliphatic heterocycles. The molecule has 1 fully saturated rings. The molecule has 0 saturated heterocycles. The number of hydrogen-bond acceptors (Lipinski definition) is 4. The quantitative estimate of drug-likeness (QED) is 0.864. The first-order chi connectivity index (χ1) is 10.2. The summed E-state index contributed by atoms with van der Waals surface area (Å²) in [5, 5.41) is 12.9. The van der Waals surface area contributed by atoms with Gasteiger partial charge in [0.25, 0.3) is 5.91 Å². The fourth-order valence-corrected chi connectivity index (χ4v) is 2.28. The summed E-state index contributed by atoms with van der Waals surface area (Å²) >= 11 is 0. The van der Waals surface area contributed by atoms with Gasteiger partial charge in [-0.25, -0.2) is 5.43 Å². The van der Waals surface area contributed by atoms with Crippen LogP contribution in [-0.4, -0.2) is 18.2 Å². The normalized spacial score (nSPS) is 19.8. The SMILES string of the molecule is CC1CCCC/C1=N\NC(=O)COc1ccc(C#N)cc1. The third-order valence-electron chi connectivity index (χ3n) is 3.57. The lowest BCUT2D eigenvalue weighted by molar-refractivity contribution is -0.123. The van der Waals surface area contributed by atoms with Crippen LogP contribution >= 0.6 is 0 Å². The van der Waals surface area contributed by atoms with Crippen LogP contribution in [0.25, 0.3) is 0 Å². The van der Waals surface area contributed by atoms with Crippen LogP contribution in [0.1, 0.15) is 38.2 Å². The van der Waals surface area contributed by atoms with Crippen molar-refractivity contribution in [2.75, 3.05) is 6.61 Å². The number of amides is 1. The molecule has 1 N–H and O–H groups in total. The van der Waals surface area contributed by atoms with Crippen LogP contribution in [0.2, 0.25) is 0 Å². The van der Waals surface area contributed by atoms with Crippen LogP contribution in [0, 0.1) is 17.2 Å². The molecule has 0 radical (unpaired) electrons. The first kappa shape index (κ1) is 15.0. The molecule has 21 heavy (non-hydrogen) atoms. The van der Waals surface area contributed by atoms with Crippen molar-refractivity contribution in [2.45, 2.75) is 32.6 Å². The third-order valence-corrected chi connectivity index (χ3v) is 3.57. The second-order valence-electron chi connectivity index (χ2n) is 5.21. The Morgan fingerprint density at radius 2 is 2.19 bits per heavy atom. The van der Waals surface area contributed by atoms with Gasteiger partial charge >= 0.3 is 0 Å². The maximum atomic E-state index is 11.7. The molecule has 110 valence electrons. The Morgan fingerprint density at radius 1 is 1.43 bits per heavy atom. The molecular formula is C16H19N3O2. The van der Waals surface area contributed by atoms with E-state index in [0.29, 0.717) is 17.2 Å². The summed E-state index contributed by atoms with van der Waals surface area (Å²) in [4.78, 5) is 11.7. The van der Waals surface area contributed by atoms with Gasteiger partial charge in [-0.15, -0.1) is 0 Å². The number of ether oxygens (including phenoxy) is 1. The van der Waals surface area contributed by atoms with Gasteiger partial charge in [-0.2, -0.15) is 10.4 Å². The molecule has 0 aromatic heterocycles. The number of carbonyl (C=O) groups is 1. The largest absolute Gasteiger partial charge is 0.484 e. The van der Waals surface area contributed by atoms with Crippen molar-refractivity contribution in [1.82, 2.24) is 5.43 Å². The molecule has 1 saturated carbocycles. The van der Waals surface area contributed by atoms with Crippen molar-refractivity contribution >= 4 is 11.6 Å². The van der Waals surface area contributed by atoms with Crippen LogP contribution < -0.4 is 10.2 Å². The van der Waals surface area contributed by atoms with Gasteiger partial charge in [0.15, 0.2) is 6.61 Å². The van der Waals surface area contributed by atoms with Gasteiger partial charge in [0, 0.05) is 5.71 Å². The number of nitrogens with zero attached hydrogens (tertiary/aromatic N) is 2. The average molecular weight is 285 g/mol. The number of nitrogens with one attached hydrogen (secondary N) is 1. The van der Waals surface area contributed by atoms with Gasteiger partial charge in [0.1, 0.15) is 5.75 Å². The van der Waals surface area contributed by atoms with Gasteiger partial charge in [-0.3, -0.25) is 4.79 Å². The Balaban J connectivity index is 1.79. The Bertz CT molecular complexity index is 558. The highest BCUT2D eigenvalue weighted by Gasteiger charge is 2.16. The summed E-state index contributed by atoms with van der Waals surface area (Å²) < 4.78 is 5.34. The summed E-state index contributed by atoms with van der Waals surface area (Å²) in [5.41, 5.74) is 4.17. The van der Waals surface area contributed by atoms with Crippen molar-refractivity contribution in [2.24, 2.45) is 11.0 Å². The lowest BCUT2D eigenvalue weighted by Crippen LogP contribution is -2.28. The highest BCUT2D eigenvalue weighted by Crippen LogP contribution is 2.20. The molecule has 1 amide bonds. The predicted octanol–water partition coefficient (Wildman–Crippen LogP) is 2.62. The molecule has 5 heteroatoms. The van der Waals surface area contributed by atoms with E-state index >= 15 is 0 Å². The molecule has 1 aromatic carbocycles. The molecule has 5 nitrogen and oxygen atoms in total. The lowest BCUT2D eigenvalue weighted by atomic mass is 9.89. The third kappa shape index (κ3) is 4.60. The van der Waals surface area contributed by atoms with Crippen molar-refractivity contribution < 1.29 is 9.53 Å². The monoisotopic (exact) mass is 285 g/mol. The molecule has 0 bridgehead atoms. The minimum atomic E-state index is -0.273. The Kier molecular flexibility index (Phi) is 5.33. The second-order valence-corrected chi connectivity index (χ2v) is 5.21. The van der Waals surface area contributed by atoms with Crippen molar-refractivity contribution in [3.8, 4) is 11.8 Å². The molecule has 0 heterocycles. The van der Waals surface area contributed by atoms with Gasteiger partial charge < -0.3 is 4.74 Å². The summed E-state index contributed by atoms with van der Waals surface area (Å²) in [6.45, 7) is 2.05. The van der Waals surface area contributed by atoms with Crippen molar-refractivity contribution in [3.63, 3.8) is 0 Å². The summed E-state index contributed by atoms with van der Waals surface area (Å²) in [6, 6.07) is 8.66. The molecule has 1 atom stereocenters. The van der Waals surface area contributed by atoms with Gasteiger partial charge in [-0.1, -0.05) is 13.3 Å². The Hall–Kier alpha value is -2.35. The fraction of sp³-hybridized carbons (Fsp3) is 0.438. The zero-order chi connectivity index (χ0) is 15.1. The van der Waals surface area contributed by atoms with Crippen LogP contribution in [-0.2, 0) is 4.79 Å². The van der Waals surface area contributed by atoms with E-state index in [1.807, 2.05) is 6.07 Å². The number of rotatable bonds is 4. The van der Waals surface area contributed by atoms with Crippen LogP contribution in [0.3, 0.4) is 0 Å². The van der Waals surface area contributed by atoms with E-state index in [2.05, 4.69) is 17.5 Å². The van der Waals surface area contributed by atoms with Crippen molar-refractivity contribution in [3.05, 3.63) is 29.8 Å². The topological polar surface area (TPSA) is 74.5 Å². The maximum Gasteiger partial charge on any atom is 0.277 e. The molecule has 1 aliphatic carbocycles. The van der Waals surface area contributed by atoms with Gasteiger partial charge in [-0.05, 0) is 49.4 Å². The molecule has 1 aromatic rings. The Labute approximate surface area is 124 Å². The fourth-order valence-electron chi connectivity index (χ4n) is 2.28. The molecule has 1 aliphatic rings. The first-order valence-electron chi connectivity index (χ1n) is 7.17. The van der Waals surface area contributed by atoms with E-state index in [4.69, 9.17) is 10.00 Å². The lowest BCUT2D eigenvalue weighted by Gasteiger charge is -2.19. The number of nitriles is 1. The van der Waals surface area contributed by atoms with Gasteiger partial charge in [0.05, 0.1) is 11.6 Å². The molecule has 1 unspecified atom stereocenters. The number of carbonyl (C=O) groups excluding carboxylic acids is 1. The number of benzene rings is 1. The smallest absolute Gasteiger partial charge is 0.277 e. The van der Waals surface area contributed by atoms with E-state index in [0.717, 1.165) is 25.0 Å². The van der Waals surface area contributed by atoms with E-state index in [-0.39, 0.29) is 12.5 Å². The second kappa shape index (κ2) is 7.44. The van der Waals surface area contributed by atoms with Crippen molar-refractivity contribution in [1.29, 1.82) is 5.26 Å². The molecule has 2 rings (SSSR count). The van der Waals surface area contributed by atoms with E-state index in [9.17, 15) is 4.79 Å². The molecule has 0 spiro atoms. The minimum absolute atomic E-state index is 0.0862. The zero-order valence-electron chi connectivity index (χ0n) is 12.1. The van der Waals surface area contributed by atoms with Crippen LogP contribution in [0.4, 0.5) is 0 Å². The first-order valence-corrected chi connectivity index (χ1v) is 7.17. The highest BCUT2D eigenvalue weighted by atomic mass is 16.5. The molecular weight excluding hydrogens is 266 g/mol. The number of hydrogen-bond donors (Lipinski definition) is 1. The van der Waals surface area contributed by atoms with Crippen LogP contribution in [0.15, 0.2) is 29.4 Å². The Morgan fingerprint density at radius 3 is 2.86 bits per heavy atom. The number of hydrazone groups is 1. The summed E-state index contributed by atoms with van der Waals surface area (Å²) in [5.74, 6) is 0.728. The van der Waals surface area contributed by atoms with Crippen LogP contribution in [0.5, 0.6) is 5.75 Å². The zero-order valence-corrected chi connectivity index (χ0v) is 12.1. The van der Waals surface area contributed by atoms with Gasteiger partial charge in [0.2, 0.25) is 0 Å². The summed E-state index contributed by atoms with van der Waals surface area (Å²) in [7, 11) is 0. The standard InChI is InChI=1S/C16H19N3O2/c1-12-4-2-3-5-15(12)18-19-16(20)11-21-14-8-6-13(10-17)7-9-14/h6-9,12H,2-5,11H2,1H3,(H,19,20)/b18-15+. The van der Waals surface area contributed by atoms with E-state index in [1.54, 1.807) is 24.3 Å².